The summed E-state index contributed by atoms with van der Waals surface area (Å²) in [4.78, 5) is 37.3. The number of anilines is 2. The highest BCUT2D eigenvalue weighted by Crippen LogP contribution is 2.36. The van der Waals surface area contributed by atoms with Crippen molar-refractivity contribution in [1.29, 1.82) is 0 Å². The van der Waals surface area contributed by atoms with Crippen LogP contribution in [0.25, 0.3) is 0 Å². The Labute approximate surface area is 192 Å². The van der Waals surface area contributed by atoms with Crippen molar-refractivity contribution in [3.63, 3.8) is 0 Å². The highest BCUT2D eigenvalue weighted by Gasteiger charge is 2.17. The summed E-state index contributed by atoms with van der Waals surface area (Å²) in [5.74, 6) is -0.0450. The number of ether oxygens (including phenoxy) is 2. The van der Waals surface area contributed by atoms with Crippen molar-refractivity contribution < 1.29 is 23.9 Å². The molecule has 2 N–H and O–H groups in total. The van der Waals surface area contributed by atoms with Gasteiger partial charge in [0, 0.05) is 36.1 Å². The van der Waals surface area contributed by atoms with Crippen LogP contribution in [-0.2, 0) is 4.79 Å². The van der Waals surface area contributed by atoms with Crippen molar-refractivity contribution >= 4 is 29.0 Å². The molecule has 0 aliphatic rings. The van der Waals surface area contributed by atoms with Gasteiger partial charge >= 0.3 is 0 Å². The topological polar surface area (TPSA) is 93.7 Å². The molecule has 33 heavy (non-hydrogen) atoms. The van der Waals surface area contributed by atoms with Gasteiger partial charge in [0.1, 0.15) is 11.5 Å². The van der Waals surface area contributed by atoms with E-state index in [1.54, 1.807) is 48.5 Å². The van der Waals surface area contributed by atoms with Gasteiger partial charge in [-0.15, -0.1) is 0 Å². The Hall–Kier alpha value is -4.13. The molecule has 0 aliphatic heterocycles. The molecule has 0 aliphatic carbocycles. The molecule has 7 nitrogen and oxygen atoms in total. The van der Waals surface area contributed by atoms with Crippen molar-refractivity contribution in [2.24, 2.45) is 0 Å². The van der Waals surface area contributed by atoms with Gasteiger partial charge in [0.25, 0.3) is 5.91 Å². The first-order chi connectivity index (χ1) is 15.9. The number of carbonyl (C=O) groups excluding carboxylic acids is 3. The SMILES string of the molecule is COc1cc(NC(=O)c2ccccc2)c(OC)cc1NC(=O)CCC(=O)c1ccc(C)cc1. The number of carbonyl (C=O) groups is 3. The number of rotatable bonds is 9. The molecule has 2 amide bonds. The Bertz CT molecular complexity index is 1140. The standard InChI is InChI=1S/C26H26N2O5/c1-17-9-11-18(12-10-17)22(29)13-14-25(30)27-20-15-24(33-3)21(16-23(20)32-2)28-26(31)19-7-5-4-6-8-19/h4-12,15-16H,13-14H2,1-3H3,(H,27,30)(H,28,31). The fourth-order valence-corrected chi connectivity index (χ4v) is 3.20. The predicted octanol–water partition coefficient (Wildman–Crippen LogP) is 4.87. The molecular formula is C26H26N2O5. The van der Waals surface area contributed by atoms with Gasteiger partial charge in [0.15, 0.2) is 5.78 Å². The first-order valence-electron chi connectivity index (χ1n) is 10.4. The van der Waals surface area contributed by atoms with E-state index in [-0.39, 0.29) is 30.4 Å². The Morgan fingerprint density at radius 1 is 0.727 bits per heavy atom. The number of aryl methyl sites for hydroxylation is 1. The van der Waals surface area contributed by atoms with Crippen LogP contribution < -0.4 is 20.1 Å². The van der Waals surface area contributed by atoms with Gasteiger partial charge in [0.2, 0.25) is 5.91 Å². The Morgan fingerprint density at radius 3 is 1.88 bits per heavy atom. The molecule has 0 spiro atoms. The van der Waals surface area contributed by atoms with E-state index in [2.05, 4.69) is 10.6 Å². The Balaban J connectivity index is 1.69. The summed E-state index contributed by atoms with van der Waals surface area (Å²) in [6, 6.07) is 19.2. The number of benzene rings is 3. The second-order valence-electron chi connectivity index (χ2n) is 7.41. The van der Waals surface area contributed by atoms with Gasteiger partial charge in [0.05, 0.1) is 25.6 Å². The maximum Gasteiger partial charge on any atom is 0.255 e. The van der Waals surface area contributed by atoms with E-state index < -0.39 is 0 Å². The number of hydrogen-bond acceptors (Lipinski definition) is 5. The van der Waals surface area contributed by atoms with E-state index in [0.29, 0.717) is 34.0 Å². The third-order valence-electron chi connectivity index (χ3n) is 5.03. The highest BCUT2D eigenvalue weighted by atomic mass is 16.5. The van der Waals surface area contributed by atoms with Crippen LogP contribution >= 0.6 is 0 Å². The Morgan fingerprint density at radius 2 is 1.30 bits per heavy atom. The minimum Gasteiger partial charge on any atom is -0.494 e. The molecule has 0 atom stereocenters. The largest absolute Gasteiger partial charge is 0.494 e. The van der Waals surface area contributed by atoms with Gasteiger partial charge in [-0.2, -0.15) is 0 Å². The normalized spacial score (nSPS) is 10.3. The number of Topliss-reactive ketones (excluding diaryl/α,β-unsaturated/α-hetero) is 1. The molecule has 0 unspecified atom stereocenters. The zero-order valence-corrected chi connectivity index (χ0v) is 18.8. The molecule has 0 aromatic heterocycles. The molecule has 0 fully saturated rings. The van der Waals surface area contributed by atoms with Crippen LogP contribution in [0, 0.1) is 6.92 Å². The summed E-state index contributed by atoms with van der Waals surface area (Å²) < 4.78 is 10.8. The molecule has 3 aromatic carbocycles. The average Bonchev–Trinajstić information content (AvgIpc) is 2.84. The van der Waals surface area contributed by atoms with Crippen molar-refractivity contribution in [2.75, 3.05) is 24.9 Å². The van der Waals surface area contributed by atoms with E-state index in [9.17, 15) is 14.4 Å². The Kier molecular flexibility index (Phi) is 7.81. The molecule has 0 radical (unpaired) electrons. The molecule has 0 saturated carbocycles. The van der Waals surface area contributed by atoms with Crippen LogP contribution in [0.15, 0.2) is 66.7 Å². The maximum absolute atomic E-state index is 12.5. The second kappa shape index (κ2) is 10.9. The van der Waals surface area contributed by atoms with Crippen LogP contribution in [-0.4, -0.2) is 31.8 Å². The third-order valence-corrected chi connectivity index (χ3v) is 5.03. The lowest BCUT2D eigenvalue weighted by atomic mass is 10.0. The molecular weight excluding hydrogens is 420 g/mol. The van der Waals surface area contributed by atoms with Crippen LogP contribution in [0.5, 0.6) is 11.5 Å². The summed E-state index contributed by atoms with van der Waals surface area (Å²) >= 11 is 0. The highest BCUT2D eigenvalue weighted by molar-refractivity contribution is 6.06. The second-order valence-corrected chi connectivity index (χ2v) is 7.41. The van der Waals surface area contributed by atoms with E-state index in [4.69, 9.17) is 9.47 Å². The number of amides is 2. The fraction of sp³-hybridized carbons (Fsp3) is 0.192. The lowest BCUT2D eigenvalue weighted by Crippen LogP contribution is -2.15. The molecule has 0 heterocycles. The monoisotopic (exact) mass is 446 g/mol. The van der Waals surface area contributed by atoms with Crippen molar-refractivity contribution in [2.45, 2.75) is 19.8 Å². The lowest BCUT2D eigenvalue weighted by Gasteiger charge is -2.16. The van der Waals surface area contributed by atoms with Crippen molar-refractivity contribution in [1.82, 2.24) is 0 Å². The number of ketones is 1. The van der Waals surface area contributed by atoms with Crippen LogP contribution in [0.1, 0.15) is 39.1 Å². The predicted molar refractivity (Wildman–Crippen MR) is 127 cm³/mol. The molecule has 7 heteroatoms. The zero-order chi connectivity index (χ0) is 23.8. The summed E-state index contributed by atoms with van der Waals surface area (Å²) in [5, 5.41) is 5.55. The van der Waals surface area contributed by atoms with E-state index in [0.717, 1.165) is 5.56 Å². The van der Waals surface area contributed by atoms with Gasteiger partial charge in [-0.25, -0.2) is 0 Å². The van der Waals surface area contributed by atoms with E-state index in [1.807, 2.05) is 25.1 Å². The molecule has 3 rings (SSSR count). The minimum absolute atomic E-state index is 0.0185. The van der Waals surface area contributed by atoms with E-state index >= 15 is 0 Å². The number of methoxy groups -OCH3 is 2. The average molecular weight is 447 g/mol. The van der Waals surface area contributed by atoms with E-state index in [1.165, 1.54) is 14.2 Å². The molecule has 0 saturated heterocycles. The quantitative estimate of drug-likeness (QED) is 0.458. The lowest BCUT2D eigenvalue weighted by molar-refractivity contribution is -0.116. The van der Waals surface area contributed by atoms with Crippen LogP contribution in [0.2, 0.25) is 0 Å². The summed E-state index contributed by atoms with van der Waals surface area (Å²) in [6.45, 7) is 1.95. The molecule has 0 bridgehead atoms. The van der Waals surface area contributed by atoms with Crippen molar-refractivity contribution in [3.8, 4) is 11.5 Å². The van der Waals surface area contributed by atoms with Gasteiger partial charge < -0.3 is 20.1 Å². The first kappa shape index (κ1) is 23.5. The third kappa shape index (κ3) is 6.20. The summed E-state index contributed by atoms with van der Waals surface area (Å²) in [7, 11) is 2.92. The van der Waals surface area contributed by atoms with Gasteiger partial charge in [-0.05, 0) is 19.1 Å². The molecule has 170 valence electrons. The van der Waals surface area contributed by atoms with Gasteiger partial charge in [-0.3, -0.25) is 14.4 Å². The van der Waals surface area contributed by atoms with Gasteiger partial charge in [-0.1, -0.05) is 48.0 Å². The first-order valence-corrected chi connectivity index (χ1v) is 10.4. The number of hydrogen-bond donors (Lipinski definition) is 2. The molecule has 3 aromatic rings. The maximum atomic E-state index is 12.5. The minimum atomic E-state index is -0.336. The fourth-order valence-electron chi connectivity index (χ4n) is 3.20. The summed E-state index contributed by atoms with van der Waals surface area (Å²) in [6.07, 6.45) is 0.101. The van der Waals surface area contributed by atoms with Crippen LogP contribution in [0.4, 0.5) is 11.4 Å². The zero-order valence-electron chi connectivity index (χ0n) is 18.8. The van der Waals surface area contributed by atoms with Crippen LogP contribution in [0.3, 0.4) is 0 Å². The van der Waals surface area contributed by atoms with Crippen molar-refractivity contribution in [3.05, 3.63) is 83.4 Å². The smallest absolute Gasteiger partial charge is 0.255 e. The number of nitrogens with one attached hydrogen (secondary N) is 2. The summed E-state index contributed by atoms with van der Waals surface area (Å²) in [5.41, 5.74) is 2.91.